The first-order valence-electron chi connectivity index (χ1n) is 8.91. The molecule has 27 heavy (non-hydrogen) atoms. The van der Waals surface area contributed by atoms with E-state index in [1.54, 1.807) is 12.1 Å². The van der Waals surface area contributed by atoms with E-state index in [9.17, 15) is 15.4 Å². The summed E-state index contributed by atoms with van der Waals surface area (Å²) in [6.07, 6.45) is 1.35. The lowest BCUT2D eigenvalue weighted by molar-refractivity contribution is -0.384. The maximum Gasteiger partial charge on any atom is 0.269 e. The van der Waals surface area contributed by atoms with Gasteiger partial charge in [0, 0.05) is 29.5 Å². The Hall–Kier alpha value is -3.17. The molecule has 2 aliphatic heterocycles. The number of ether oxygens (including phenoxy) is 2. The van der Waals surface area contributed by atoms with Crippen LogP contribution in [-0.2, 0) is 9.47 Å². The molecule has 6 nitrogen and oxygen atoms in total. The lowest BCUT2D eigenvalue weighted by Crippen LogP contribution is -2.39. The zero-order valence-electron chi connectivity index (χ0n) is 14.6. The Bertz CT molecular complexity index is 915. The first kappa shape index (κ1) is 17.3. The Labute approximate surface area is 156 Å². The average Bonchev–Trinajstić information content (AvgIpc) is 2.73. The number of non-ortho nitro benzene ring substituents is 1. The van der Waals surface area contributed by atoms with Gasteiger partial charge in [0.05, 0.1) is 23.2 Å². The highest BCUT2D eigenvalue weighted by molar-refractivity contribution is 5.70. The quantitative estimate of drug-likeness (QED) is 0.597. The van der Waals surface area contributed by atoms with Crippen LogP contribution in [0.15, 0.2) is 60.2 Å². The number of hydrogen-bond acceptors (Lipinski definition) is 5. The molecule has 2 heterocycles. The van der Waals surface area contributed by atoms with Gasteiger partial charge in [-0.05, 0) is 18.4 Å². The largest absolute Gasteiger partial charge is 0.463 e. The van der Waals surface area contributed by atoms with E-state index >= 15 is 0 Å². The number of nitro groups is 1. The molecule has 0 spiro atoms. The molecule has 1 saturated heterocycles. The molecule has 0 unspecified atom stereocenters. The summed E-state index contributed by atoms with van der Waals surface area (Å²) < 4.78 is 12.0. The van der Waals surface area contributed by atoms with Crippen LogP contribution in [0.3, 0.4) is 0 Å². The minimum absolute atomic E-state index is 0.00215. The molecule has 0 amide bonds. The molecule has 0 N–H and O–H groups in total. The first-order valence-corrected chi connectivity index (χ1v) is 8.91. The summed E-state index contributed by atoms with van der Waals surface area (Å²) >= 11 is 0. The van der Waals surface area contributed by atoms with Crippen LogP contribution in [0.5, 0.6) is 0 Å². The van der Waals surface area contributed by atoms with E-state index in [0.717, 1.165) is 24.0 Å². The summed E-state index contributed by atoms with van der Waals surface area (Å²) in [5.41, 5.74) is 2.28. The van der Waals surface area contributed by atoms with Gasteiger partial charge in [0.25, 0.3) is 5.69 Å². The van der Waals surface area contributed by atoms with Gasteiger partial charge in [-0.15, -0.1) is 0 Å². The van der Waals surface area contributed by atoms with Gasteiger partial charge in [-0.3, -0.25) is 10.1 Å². The predicted octanol–water partition coefficient (Wildman–Crippen LogP) is 4.40. The zero-order valence-corrected chi connectivity index (χ0v) is 14.6. The number of hydrogen-bond donors (Lipinski definition) is 0. The molecule has 4 rings (SSSR count). The number of allylic oxidation sites excluding steroid dienone is 1. The molecule has 3 atom stereocenters. The molecule has 2 aromatic carbocycles. The normalized spacial score (nSPS) is 24.5. The van der Waals surface area contributed by atoms with Crippen molar-refractivity contribution in [2.75, 3.05) is 6.61 Å². The summed E-state index contributed by atoms with van der Waals surface area (Å²) in [6.45, 7) is 0.623. The number of nitro benzene ring substituents is 1. The maximum atomic E-state index is 11.0. The topological polar surface area (TPSA) is 85.4 Å². The molecule has 0 saturated carbocycles. The number of nitriles is 1. The van der Waals surface area contributed by atoms with Crippen molar-refractivity contribution in [3.63, 3.8) is 0 Å². The lowest BCUT2D eigenvalue weighted by atomic mass is 9.75. The maximum absolute atomic E-state index is 11.0. The van der Waals surface area contributed by atoms with E-state index in [-0.39, 0.29) is 17.5 Å². The highest BCUT2D eigenvalue weighted by Gasteiger charge is 2.43. The standard InChI is InChI=1S/C21H18N2O4/c22-13-18-19(14-8-10-16(11-9-14)23(24)25)17-7-4-12-26-21(17)27-20(18)15-5-2-1-3-6-15/h1-3,5-6,8-11,17,19,21H,4,7,12H2/t17-,19+,21+/m1/s1. The number of nitrogens with zero attached hydrogens (tertiary/aromatic N) is 2. The van der Waals surface area contributed by atoms with E-state index in [0.29, 0.717) is 17.9 Å². The number of rotatable bonds is 3. The highest BCUT2D eigenvalue weighted by Crippen LogP contribution is 2.47. The van der Waals surface area contributed by atoms with Crippen LogP contribution < -0.4 is 0 Å². The fourth-order valence-corrected chi connectivity index (χ4v) is 3.91. The summed E-state index contributed by atoms with van der Waals surface area (Å²) in [5, 5.41) is 20.9. The lowest BCUT2D eigenvalue weighted by Gasteiger charge is -2.41. The van der Waals surface area contributed by atoms with Crippen molar-refractivity contribution in [1.82, 2.24) is 0 Å². The third-order valence-electron chi connectivity index (χ3n) is 5.15. The van der Waals surface area contributed by atoms with E-state index in [1.165, 1.54) is 12.1 Å². The molecule has 0 radical (unpaired) electrons. The molecule has 0 bridgehead atoms. The van der Waals surface area contributed by atoms with Crippen LogP contribution in [-0.4, -0.2) is 17.8 Å². The van der Waals surface area contributed by atoms with Crippen LogP contribution in [0.4, 0.5) is 5.69 Å². The van der Waals surface area contributed by atoms with Gasteiger partial charge in [-0.25, -0.2) is 0 Å². The molecule has 6 heteroatoms. The van der Waals surface area contributed by atoms with E-state index in [4.69, 9.17) is 9.47 Å². The smallest absolute Gasteiger partial charge is 0.269 e. The molecular weight excluding hydrogens is 344 g/mol. The van der Waals surface area contributed by atoms with Crippen molar-refractivity contribution in [3.8, 4) is 6.07 Å². The fourth-order valence-electron chi connectivity index (χ4n) is 3.91. The van der Waals surface area contributed by atoms with Gasteiger partial charge < -0.3 is 9.47 Å². The van der Waals surface area contributed by atoms with Gasteiger partial charge in [0.15, 0.2) is 0 Å². The fraction of sp³-hybridized carbons (Fsp3) is 0.286. The average molecular weight is 362 g/mol. The van der Waals surface area contributed by atoms with E-state index in [2.05, 4.69) is 6.07 Å². The van der Waals surface area contributed by atoms with Crippen molar-refractivity contribution in [3.05, 3.63) is 81.4 Å². The third-order valence-corrected chi connectivity index (χ3v) is 5.15. The summed E-state index contributed by atoms with van der Waals surface area (Å²) in [4.78, 5) is 10.6. The van der Waals surface area contributed by atoms with Crippen LogP contribution >= 0.6 is 0 Å². The van der Waals surface area contributed by atoms with Crippen molar-refractivity contribution >= 4 is 11.4 Å². The van der Waals surface area contributed by atoms with E-state index < -0.39 is 11.2 Å². The summed E-state index contributed by atoms with van der Waals surface area (Å²) in [6, 6.07) is 18.3. The minimum atomic E-state index is -0.425. The Kier molecular flexibility index (Phi) is 4.61. The summed E-state index contributed by atoms with van der Waals surface area (Å²) in [5.74, 6) is 0.317. The minimum Gasteiger partial charge on any atom is -0.463 e. The number of fused-ring (bicyclic) bond motifs is 1. The van der Waals surface area contributed by atoms with Gasteiger partial charge in [-0.1, -0.05) is 42.5 Å². The molecule has 0 aliphatic carbocycles. The van der Waals surface area contributed by atoms with Gasteiger partial charge in [0.1, 0.15) is 5.76 Å². The third kappa shape index (κ3) is 3.18. The van der Waals surface area contributed by atoms with Crippen LogP contribution in [0, 0.1) is 27.4 Å². The first-order chi connectivity index (χ1) is 13.2. The van der Waals surface area contributed by atoms with Crippen LogP contribution in [0.2, 0.25) is 0 Å². The van der Waals surface area contributed by atoms with Crippen LogP contribution in [0.25, 0.3) is 5.76 Å². The Balaban J connectivity index is 1.84. The molecule has 136 valence electrons. The highest BCUT2D eigenvalue weighted by atomic mass is 16.7. The van der Waals surface area contributed by atoms with Crippen molar-refractivity contribution < 1.29 is 14.4 Å². The molecular formula is C21H18N2O4. The summed E-state index contributed by atoms with van der Waals surface area (Å²) in [7, 11) is 0. The van der Waals surface area contributed by atoms with Gasteiger partial charge in [0.2, 0.25) is 6.29 Å². The van der Waals surface area contributed by atoms with Crippen molar-refractivity contribution in [2.45, 2.75) is 25.0 Å². The molecule has 0 aromatic heterocycles. The van der Waals surface area contributed by atoms with Gasteiger partial charge in [-0.2, -0.15) is 5.26 Å². The second-order valence-corrected chi connectivity index (χ2v) is 6.71. The molecule has 2 aliphatic rings. The van der Waals surface area contributed by atoms with Gasteiger partial charge >= 0.3 is 0 Å². The molecule has 2 aromatic rings. The Morgan fingerprint density at radius 2 is 1.85 bits per heavy atom. The zero-order chi connectivity index (χ0) is 18.8. The van der Waals surface area contributed by atoms with Crippen LogP contribution in [0.1, 0.15) is 29.9 Å². The molecule has 1 fully saturated rings. The van der Waals surface area contributed by atoms with Crippen molar-refractivity contribution in [1.29, 1.82) is 5.26 Å². The Morgan fingerprint density at radius 3 is 2.52 bits per heavy atom. The monoisotopic (exact) mass is 362 g/mol. The van der Waals surface area contributed by atoms with E-state index in [1.807, 2.05) is 30.3 Å². The second kappa shape index (κ2) is 7.22. The van der Waals surface area contributed by atoms with Crippen molar-refractivity contribution in [2.24, 2.45) is 5.92 Å². The second-order valence-electron chi connectivity index (χ2n) is 6.71. The SMILES string of the molecule is N#CC1=C(c2ccccc2)O[C@@H]2OCCC[C@@H]2[C@@H]1c1ccc([N+](=O)[O-])cc1. The Morgan fingerprint density at radius 1 is 1.11 bits per heavy atom. The number of benzene rings is 2. The predicted molar refractivity (Wildman–Crippen MR) is 98.4 cm³/mol.